The van der Waals surface area contributed by atoms with Gasteiger partial charge in [0.1, 0.15) is 11.6 Å². The molecule has 0 amide bonds. The number of nitrogens with one attached hydrogen (secondary N) is 1. The molecule has 0 radical (unpaired) electrons. The molecule has 1 saturated heterocycles. The van der Waals surface area contributed by atoms with Crippen molar-refractivity contribution in [3.05, 3.63) is 23.6 Å². The van der Waals surface area contributed by atoms with E-state index in [1.807, 2.05) is 0 Å². The molecule has 2 heterocycles. The fourth-order valence-electron chi connectivity index (χ4n) is 2.71. The molecule has 21 heavy (non-hydrogen) atoms. The van der Waals surface area contributed by atoms with Crippen molar-refractivity contribution >= 4 is 5.82 Å². The molecular formula is C16H27FN4. The molecule has 1 aromatic heterocycles. The first-order valence-corrected chi connectivity index (χ1v) is 7.75. The first-order chi connectivity index (χ1) is 9.94. The Morgan fingerprint density at radius 1 is 1.38 bits per heavy atom. The zero-order valence-corrected chi connectivity index (χ0v) is 13.6. The molecule has 1 aliphatic rings. The summed E-state index contributed by atoms with van der Waals surface area (Å²) in [7, 11) is 2.15. The van der Waals surface area contributed by atoms with Crippen molar-refractivity contribution in [3.63, 3.8) is 0 Å². The lowest BCUT2D eigenvalue weighted by molar-refractivity contribution is 0.138. The lowest BCUT2D eigenvalue weighted by Gasteiger charge is -2.46. The van der Waals surface area contributed by atoms with Gasteiger partial charge in [-0.15, -0.1) is 0 Å². The quantitative estimate of drug-likeness (QED) is 0.844. The highest BCUT2D eigenvalue weighted by Gasteiger charge is 2.32. The highest BCUT2D eigenvalue weighted by Crippen LogP contribution is 2.26. The van der Waals surface area contributed by atoms with Crippen LogP contribution in [0.25, 0.3) is 0 Å². The fourth-order valence-corrected chi connectivity index (χ4v) is 2.71. The van der Waals surface area contributed by atoms with Gasteiger partial charge in [-0.05, 0) is 39.9 Å². The molecule has 0 saturated carbocycles. The summed E-state index contributed by atoms with van der Waals surface area (Å²) in [5.74, 6) is 0.654. The van der Waals surface area contributed by atoms with E-state index >= 15 is 0 Å². The summed E-state index contributed by atoms with van der Waals surface area (Å²) in [5.41, 5.74) is 1.05. The number of hydrogen-bond acceptors (Lipinski definition) is 4. The van der Waals surface area contributed by atoms with Crippen LogP contribution < -0.4 is 10.2 Å². The highest BCUT2D eigenvalue weighted by atomic mass is 19.1. The second kappa shape index (κ2) is 6.71. The third-order valence-corrected chi connectivity index (χ3v) is 4.27. The van der Waals surface area contributed by atoms with Crippen molar-refractivity contribution in [3.8, 4) is 0 Å². The molecule has 0 spiro atoms. The lowest BCUT2D eigenvalue weighted by Crippen LogP contribution is -2.58. The number of pyridine rings is 1. The maximum Gasteiger partial charge on any atom is 0.141 e. The molecular weight excluding hydrogens is 267 g/mol. The standard InChI is InChI=1S/C16H27FN4/c1-5-6-18-10-13-9-14(17)11-19-15(13)21-8-7-20(4)16(2,3)12-21/h9,11,18H,5-8,10,12H2,1-4H3. The minimum atomic E-state index is -0.263. The molecule has 4 nitrogen and oxygen atoms in total. The van der Waals surface area contributed by atoms with Crippen molar-refractivity contribution in [1.82, 2.24) is 15.2 Å². The number of halogens is 1. The smallest absolute Gasteiger partial charge is 0.141 e. The van der Waals surface area contributed by atoms with Crippen LogP contribution in [0.2, 0.25) is 0 Å². The van der Waals surface area contributed by atoms with E-state index in [1.165, 1.54) is 6.20 Å². The predicted molar refractivity (Wildman–Crippen MR) is 85.1 cm³/mol. The Kier molecular flexibility index (Phi) is 5.17. The van der Waals surface area contributed by atoms with E-state index in [1.54, 1.807) is 6.07 Å². The molecule has 118 valence electrons. The maximum atomic E-state index is 13.5. The summed E-state index contributed by atoms with van der Waals surface area (Å²) >= 11 is 0. The number of nitrogens with zero attached hydrogens (tertiary/aromatic N) is 3. The fraction of sp³-hybridized carbons (Fsp3) is 0.688. The Morgan fingerprint density at radius 2 is 2.14 bits per heavy atom. The number of aromatic nitrogens is 1. The van der Waals surface area contributed by atoms with Gasteiger partial charge in [-0.25, -0.2) is 9.37 Å². The number of hydrogen-bond donors (Lipinski definition) is 1. The summed E-state index contributed by atoms with van der Waals surface area (Å²) in [5, 5.41) is 3.34. The number of likely N-dealkylation sites (N-methyl/N-ethyl adjacent to an activating group) is 1. The van der Waals surface area contributed by atoms with Crippen LogP contribution >= 0.6 is 0 Å². The van der Waals surface area contributed by atoms with Gasteiger partial charge in [-0.3, -0.25) is 4.90 Å². The summed E-state index contributed by atoms with van der Waals surface area (Å²) in [4.78, 5) is 9.01. The van der Waals surface area contributed by atoms with Crippen LogP contribution in [0.4, 0.5) is 10.2 Å². The Balaban J connectivity index is 2.18. The Hall–Kier alpha value is -1.20. The van der Waals surface area contributed by atoms with Crippen LogP contribution in [0.5, 0.6) is 0 Å². The van der Waals surface area contributed by atoms with Crippen LogP contribution in [0.1, 0.15) is 32.8 Å². The summed E-state index contributed by atoms with van der Waals surface area (Å²) in [6.07, 6.45) is 2.39. The maximum absolute atomic E-state index is 13.5. The summed E-state index contributed by atoms with van der Waals surface area (Å²) in [6, 6.07) is 1.61. The van der Waals surface area contributed by atoms with Crippen LogP contribution in [-0.4, -0.2) is 48.6 Å². The van der Waals surface area contributed by atoms with Crippen molar-refractivity contribution in [2.75, 3.05) is 38.1 Å². The number of rotatable bonds is 5. The second-order valence-corrected chi connectivity index (χ2v) is 6.47. The third-order valence-electron chi connectivity index (χ3n) is 4.27. The summed E-state index contributed by atoms with van der Waals surface area (Å²) < 4.78 is 13.5. The lowest BCUT2D eigenvalue weighted by atomic mass is 9.99. The van der Waals surface area contributed by atoms with E-state index in [-0.39, 0.29) is 11.4 Å². The molecule has 0 aromatic carbocycles. The Morgan fingerprint density at radius 3 is 2.81 bits per heavy atom. The number of anilines is 1. The molecule has 2 rings (SSSR count). The van der Waals surface area contributed by atoms with E-state index in [9.17, 15) is 4.39 Å². The molecule has 0 aliphatic carbocycles. The first-order valence-electron chi connectivity index (χ1n) is 7.75. The van der Waals surface area contributed by atoms with Crippen LogP contribution in [0.15, 0.2) is 12.3 Å². The third kappa shape index (κ3) is 3.92. The minimum Gasteiger partial charge on any atom is -0.353 e. The largest absolute Gasteiger partial charge is 0.353 e. The molecule has 1 N–H and O–H groups in total. The van der Waals surface area contributed by atoms with E-state index in [4.69, 9.17) is 0 Å². The first kappa shape index (κ1) is 16.2. The van der Waals surface area contributed by atoms with Gasteiger partial charge in [0.2, 0.25) is 0 Å². The summed E-state index contributed by atoms with van der Waals surface area (Å²) in [6.45, 7) is 11.0. The number of piperazine rings is 1. The van der Waals surface area contributed by atoms with Crippen molar-refractivity contribution in [1.29, 1.82) is 0 Å². The predicted octanol–water partition coefficient (Wildman–Crippen LogP) is 2.25. The van der Waals surface area contributed by atoms with Crippen molar-refractivity contribution in [2.45, 2.75) is 39.3 Å². The molecule has 1 aromatic rings. The Labute approximate surface area is 127 Å². The van der Waals surface area contributed by atoms with Crippen molar-refractivity contribution in [2.24, 2.45) is 0 Å². The normalized spacial score (nSPS) is 19.0. The van der Waals surface area contributed by atoms with E-state index in [2.05, 4.69) is 47.9 Å². The molecule has 1 fully saturated rings. The second-order valence-electron chi connectivity index (χ2n) is 6.47. The van der Waals surface area contributed by atoms with Crippen molar-refractivity contribution < 1.29 is 4.39 Å². The van der Waals surface area contributed by atoms with Gasteiger partial charge in [0.05, 0.1) is 6.20 Å². The van der Waals surface area contributed by atoms with E-state index in [0.717, 1.165) is 44.0 Å². The van der Waals surface area contributed by atoms with Gasteiger partial charge in [0, 0.05) is 37.3 Å². The van der Waals surface area contributed by atoms with Gasteiger partial charge in [0.25, 0.3) is 0 Å². The molecule has 0 atom stereocenters. The Bertz CT molecular complexity index is 475. The van der Waals surface area contributed by atoms with Gasteiger partial charge in [0.15, 0.2) is 0 Å². The molecule has 1 aliphatic heterocycles. The van der Waals surface area contributed by atoms with E-state index in [0.29, 0.717) is 6.54 Å². The molecule has 5 heteroatoms. The average molecular weight is 294 g/mol. The average Bonchev–Trinajstić information content (AvgIpc) is 2.42. The minimum absolute atomic E-state index is 0.0996. The van der Waals surface area contributed by atoms with E-state index < -0.39 is 0 Å². The van der Waals surface area contributed by atoms with Gasteiger partial charge < -0.3 is 10.2 Å². The highest BCUT2D eigenvalue weighted by molar-refractivity contribution is 5.48. The topological polar surface area (TPSA) is 31.4 Å². The SMILES string of the molecule is CCCNCc1cc(F)cnc1N1CCN(C)C(C)(C)C1. The van der Waals surface area contributed by atoms with Crippen LogP contribution in [0.3, 0.4) is 0 Å². The zero-order chi connectivity index (χ0) is 15.5. The monoisotopic (exact) mass is 294 g/mol. The van der Waals surface area contributed by atoms with Crippen LogP contribution in [0, 0.1) is 5.82 Å². The molecule has 0 bridgehead atoms. The zero-order valence-electron chi connectivity index (χ0n) is 13.6. The van der Waals surface area contributed by atoms with Gasteiger partial charge in [-0.1, -0.05) is 6.92 Å². The molecule has 0 unspecified atom stereocenters. The van der Waals surface area contributed by atoms with Crippen LogP contribution in [-0.2, 0) is 6.54 Å². The van der Waals surface area contributed by atoms with Gasteiger partial charge >= 0.3 is 0 Å². The van der Waals surface area contributed by atoms with Gasteiger partial charge in [-0.2, -0.15) is 0 Å².